The van der Waals surface area contributed by atoms with Crippen LogP contribution in [-0.2, 0) is 12.8 Å². The Morgan fingerprint density at radius 3 is 2.79 bits per heavy atom. The average molecular weight is 261 g/mol. The molecule has 100 valence electrons. The molecule has 0 radical (unpaired) electrons. The van der Waals surface area contributed by atoms with Crippen LogP contribution in [0.2, 0.25) is 0 Å². The van der Waals surface area contributed by atoms with Crippen LogP contribution in [0, 0.1) is 10.1 Å². The van der Waals surface area contributed by atoms with Gasteiger partial charge in [-0.15, -0.1) is 0 Å². The number of azide groups is 1. The molecule has 7 heteroatoms. The van der Waals surface area contributed by atoms with Crippen LogP contribution in [0.15, 0.2) is 23.3 Å². The lowest BCUT2D eigenvalue weighted by Crippen LogP contribution is -2.28. The molecule has 7 nitrogen and oxygen atoms in total. The van der Waals surface area contributed by atoms with E-state index in [0.29, 0.717) is 6.54 Å². The minimum Gasteiger partial charge on any atom is -0.303 e. The third kappa shape index (κ3) is 3.43. The van der Waals surface area contributed by atoms with E-state index in [1.807, 2.05) is 6.07 Å². The second-order valence-electron chi connectivity index (χ2n) is 4.51. The Hall–Kier alpha value is -2.11. The first-order valence-electron chi connectivity index (χ1n) is 6.20. The summed E-state index contributed by atoms with van der Waals surface area (Å²) in [6, 6.07) is 5.09. The van der Waals surface area contributed by atoms with Crippen LogP contribution in [0.1, 0.15) is 11.1 Å². The second kappa shape index (κ2) is 6.17. The summed E-state index contributed by atoms with van der Waals surface area (Å²) in [6.07, 6.45) is 1.68. The number of nitrogens with zero attached hydrogens (tertiary/aromatic N) is 5. The van der Waals surface area contributed by atoms with Crippen molar-refractivity contribution in [3.05, 3.63) is 49.9 Å². The van der Waals surface area contributed by atoms with E-state index in [9.17, 15) is 10.1 Å². The summed E-state index contributed by atoms with van der Waals surface area (Å²) in [7, 11) is 0. The first kappa shape index (κ1) is 13.3. The van der Waals surface area contributed by atoms with Crippen molar-refractivity contribution in [3.63, 3.8) is 0 Å². The minimum atomic E-state index is -0.357. The van der Waals surface area contributed by atoms with Gasteiger partial charge in [-0.05, 0) is 29.5 Å². The molecule has 19 heavy (non-hydrogen) atoms. The number of rotatable bonds is 4. The average Bonchev–Trinajstić information content (AvgIpc) is 2.61. The Bertz CT molecular complexity index is 525. The fraction of sp³-hybridized carbons (Fsp3) is 0.500. The molecule has 0 saturated carbocycles. The van der Waals surface area contributed by atoms with Gasteiger partial charge < -0.3 is 4.90 Å². The molecule has 1 aromatic carbocycles. The molecule has 2 rings (SSSR count). The molecular weight excluding hydrogens is 246 g/mol. The molecule has 1 aliphatic heterocycles. The zero-order valence-corrected chi connectivity index (χ0v) is 10.5. The lowest BCUT2D eigenvalue weighted by Gasteiger charge is -2.17. The van der Waals surface area contributed by atoms with Gasteiger partial charge in [0.05, 0.1) is 4.92 Å². The molecule has 1 aromatic rings. The van der Waals surface area contributed by atoms with Crippen LogP contribution in [-0.4, -0.2) is 36.0 Å². The summed E-state index contributed by atoms with van der Waals surface area (Å²) >= 11 is 0. The Labute approximate surface area is 110 Å². The highest BCUT2D eigenvalue weighted by Gasteiger charge is 2.16. The third-order valence-corrected chi connectivity index (χ3v) is 3.37. The van der Waals surface area contributed by atoms with Crippen molar-refractivity contribution in [1.82, 2.24) is 4.90 Å². The van der Waals surface area contributed by atoms with Gasteiger partial charge in [0.15, 0.2) is 0 Å². The number of hydrogen-bond acceptors (Lipinski definition) is 4. The van der Waals surface area contributed by atoms with Crippen molar-refractivity contribution in [2.75, 3.05) is 26.2 Å². The monoisotopic (exact) mass is 261 g/mol. The molecule has 0 atom stereocenters. The summed E-state index contributed by atoms with van der Waals surface area (Å²) in [6.45, 7) is 2.94. The van der Waals surface area contributed by atoms with Gasteiger partial charge in [-0.1, -0.05) is 11.2 Å². The number of fused-ring (bicyclic) bond motifs is 1. The first-order valence-corrected chi connectivity index (χ1v) is 6.20. The molecule has 1 aliphatic rings. The van der Waals surface area contributed by atoms with Gasteiger partial charge >= 0.3 is 0 Å². The predicted molar refractivity (Wildman–Crippen MR) is 71.0 cm³/mol. The number of benzene rings is 1. The van der Waals surface area contributed by atoms with Crippen molar-refractivity contribution in [2.45, 2.75) is 12.8 Å². The SMILES string of the molecule is [N-]=[N+]=NCCN1CCc2ccc([N+](=O)[O-])cc2CC1. The van der Waals surface area contributed by atoms with E-state index in [0.717, 1.165) is 38.0 Å². The van der Waals surface area contributed by atoms with Gasteiger partial charge in [-0.2, -0.15) is 0 Å². The Balaban J connectivity index is 2.05. The normalized spacial score (nSPS) is 15.2. The lowest BCUT2D eigenvalue weighted by molar-refractivity contribution is -0.384. The van der Waals surface area contributed by atoms with Crippen molar-refractivity contribution < 1.29 is 4.92 Å². The van der Waals surface area contributed by atoms with Gasteiger partial charge in [-0.25, -0.2) is 0 Å². The molecule has 0 bridgehead atoms. The van der Waals surface area contributed by atoms with Gasteiger partial charge in [0.1, 0.15) is 0 Å². The van der Waals surface area contributed by atoms with E-state index in [1.54, 1.807) is 12.1 Å². The van der Waals surface area contributed by atoms with E-state index in [2.05, 4.69) is 14.9 Å². The summed E-state index contributed by atoms with van der Waals surface area (Å²) in [5.74, 6) is 0. The molecule has 1 heterocycles. The van der Waals surface area contributed by atoms with Gasteiger partial charge in [0.2, 0.25) is 0 Å². The molecule has 0 spiro atoms. The fourth-order valence-electron chi connectivity index (χ4n) is 2.33. The van der Waals surface area contributed by atoms with E-state index in [1.165, 1.54) is 5.56 Å². The highest BCUT2D eigenvalue weighted by molar-refractivity contribution is 5.40. The molecule has 0 unspecified atom stereocenters. The maximum atomic E-state index is 10.8. The van der Waals surface area contributed by atoms with Crippen LogP contribution >= 0.6 is 0 Å². The van der Waals surface area contributed by atoms with E-state index < -0.39 is 0 Å². The van der Waals surface area contributed by atoms with E-state index in [-0.39, 0.29) is 10.6 Å². The zero-order valence-electron chi connectivity index (χ0n) is 10.5. The van der Waals surface area contributed by atoms with Crippen molar-refractivity contribution in [3.8, 4) is 0 Å². The highest BCUT2D eigenvalue weighted by atomic mass is 16.6. The molecule has 0 N–H and O–H groups in total. The summed E-state index contributed by atoms with van der Waals surface area (Å²) < 4.78 is 0. The van der Waals surface area contributed by atoms with Gasteiger partial charge in [0.25, 0.3) is 5.69 Å². The Kier molecular flexibility index (Phi) is 4.33. The van der Waals surface area contributed by atoms with Crippen molar-refractivity contribution in [1.29, 1.82) is 0 Å². The topological polar surface area (TPSA) is 95.1 Å². The quantitative estimate of drug-likeness (QED) is 0.273. The molecule has 0 aromatic heterocycles. The Morgan fingerprint density at radius 2 is 2.11 bits per heavy atom. The second-order valence-corrected chi connectivity index (χ2v) is 4.51. The van der Waals surface area contributed by atoms with Crippen LogP contribution < -0.4 is 0 Å². The standard InChI is InChI=1S/C12H15N5O2/c13-15-14-5-8-16-6-3-10-1-2-12(17(18)19)9-11(10)4-7-16/h1-2,9H,3-8H2. The highest BCUT2D eigenvalue weighted by Crippen LogP contribution is 2.21. The van der Waals surface area contributed by atoms with Crippen LogP contribution in [0.3, 0.4) is 0 Å². The van der Waals surface area contributed by atoms with Crippen LogP contribution in [0.25, 0.3) is 10.4 Å². The van der Waals surface area contributed by atoms with Crippen molar-refractivity contribution >= 4 is 5.69 Å². The predicted octanol–water partition coefficient (Wildman–Crippen LogP) is 2.31. The molecular formula is C12H15N5O2. The van der Waals surface area contributed by atoms with E-state index in [4.69, 9.17) is 5.53 Å². The van der Waals surface area contributed by atoms with Crippen LogP contribution in [0.5, 0.6) is 0 Å². The summed E-state index contributed by atoms with van der Waals surface area (Å²) in [5.41, 5.74) is 10.6. The number of hydrogen-bond donors (Lipinski definition) is 0. The molecule has 0 fully saturated rings. The third-order valence-electron chi connectivity index (χ3n) is 3.37. The van der Waals surface area contributed by atoms with Gasteiger partial charge in [-0.3, -0.25) is 10.1 Å². The fourth-order valence-corrected chi connectivity index (χ4v) is 2.33. The number of non-ortho nitro benzene ring substituents is 1. The van der Waals surface area contributed by atoms with E-state index >= 15 is 0 Å². The zero-order chi connectivity index (χ0) is 13.7. The minimum absolute atomic E-state index is 0.154. The molecule has 0 amide bonds. The smallest absolute Gasteiger partial charge is 0.269 e. The first-order chi connectivity index (χ1) is 9.20. The number of nitro groups is 1. The van der Waals surface area contributed by atoms with Crippen LogP contribution in [0.4, 0.5) is 5.69 Å². The Morgan fingerprint density at radius 1 is 1.37 bits per heavy atom. The maximum absolute atomic E-state index is 10.8. The lowest BCUT2D eigenvalue weighted by atomic mass is 10.0. The largest absolute Gasteiger partial charge is 0.303 e. The molecule has 0 saturated heterocycles. The van der Waals surface area contributed by atoms with Gasteiger partial charge in [0, 0.05) is 43.2 Å². The summed E-state index contributed by atoms with van der Waals surface area (Å²) in [4.78, 5) is 15.4. The maximum Gasteiger partial charge on any atom is 0.269 e. The molecule has 0 aliphatic carbocycles. The number of nitro benzene ring substituents is 1. The summed E-state index contributed by atoms with van der Waals surface area (Å²) in [5, 5.41) is 14.3. The van der Waals surface area contributed by atoms with Crippen molar-refractivity contribution in [2.24, 2.45) is 5.11 Å².